The van der Waals surface area contributed by atoms with Gasteiger partial charge in [0.05, 0.1) is 6.61 Å². The molecule has 1 fully saturated rings. The lowest BCUT2D eigenvalue weighted by molar-refractivity contribution is -0.476. The Hall–Kier alpha value is -2.09. The minimum atomic E-state index is -0.161. The SMILES string of the molecule is CC.C[N+](C)=C1OCCC1(c1ccccc1)c1ccccc1. The Morgan fingerprint density at radius 2 is 1.27 bits per heavy atom. The average molecular weight is 296 g/mol. The number of hydrogen-bond donors (Lipinski definition) is 0. The van der Waals surface area contributed by atoms with Crippen LogP contribution in [0.1, 0.15) is 31.4 Å². The van der Waals surface area contributed by atoms with Gasteiger partial charge in [-0.05, 0) is 11.1 Å². The topological polar surface area (TPSA) is 12.2 Å². The van der Waals surface area contributed by atoms with Gasteiger partial charge in [-0.25, -0.2) is 4.58 Å². The predicted molar refractivity (Wildman–Crippen MR) is 92.7 cm³/mol. The quantitative estimate of drug-likeness (QED) is 0.760. The Kier molecular flexibility index (Phi) is 5.37. The lowest BCUT2D eigenvalue weighted by Crippen LogP contribution is -2.37. The molecule has 1 saturated heterocycles. The molecule has 0 aromatic heterocycles. The van der Waals surface area contributed by atoms with Gasteiger partial charge in [-0.3, -0.25) is 0 Å². The average Bonchev–Trinajstić information content (AvgIpc) is 3.05. The van der Waals surface area contributed by atoms with Crippen LogP contribution in [0, 0.1) is 0 Å². The maximum Gasteiger partial charge on any atom is 0.351 e. The van der Waals surface area contributed by atoms with Crippen molar-refractivity contribution in [2.45, 2.75) is 25.7 Å². The summed E-state index contributed by atoms with van der Waals surface area (Å²) in [7, 11) is 4.11. The molecule has 0 atom stereocenters. The highest BCUT2D eigenvalue weighted by molar-refractivity contribution is 5.90. The monoisotopic (exact) mass is 296 g/mol. The van der Waals surface area contributed by atoms with Crippen molar-refractivity contribution < 1.29 is 9.31 Å². The fourth-order valence-electron chi connectivity index (χ4n) is 3.19. The first-order chi connectivity index (χ1) is 10.7. The standard InChI is InChI=1S/C18H20NO.C2H6/c1-19(2)17-18(13-14-20-17,15-9-5-3-6-10-15)16-11-7-4-8-12-16;1-2/h3-12H,13-14H2,1-2H3;1-2H3/q+1;. The van der Waals surface area contributed by atoms with Crippen molar-refractivity contribution in [2.75, 3.05) is 20.7 Å². The molecule has 0 spiro atoms. The van der Waals surface area contributed by atoms with Crippen LogP contribution in [0.25, 0.3) is 0 Å². The summed E-state index contributed by atoms with van der Waals surface area (Å²) in [6.07, 6.45) is 0.981. The van der Waals surface area contributed by atoms with Gasteiger partial charge >= 0.3 is 5.90 Å². The second-order valence-corrected chi connectivity index (χ2v) is 5.44. The molecule has 2 heteroatoms. The Morgan fingerprint density at radius 3 is 1.68 bits per heavy atom. The van der Waals surface area contributed by atoms with Crippen LogP contribution in [-0.4, -0.2) is 31.2 Å². The van der Waals surface area contributed by atoms with Crippen LogP contribution < -0.4 is 0 Å². The van der Waals surface area contributed by atoms with Crippen molar-refractivity contribution in [3.05, 3.63) is 71.8 Å². The van der Waals surface area contributed by atoms with Crippen LogP contribution in [0.2, 0.25) is 0 Å². The summed E-state index contributed by atoms with van der Waals surface area (Å²) in [5.74, 6) is 1.04. The van der Waals surface area contributed by atoms with E-state index >= 15 is 0 Å². The third-order valence-electron chi connectivity index (χ3n) is 4.02. The minimum Gasteiger partial charge on any atom is -0.447 e. The van der Waals surface area contributed by atoms with Gasteiger partial charge in [0.25, 0.3) is 0 Å². The number of rotatable bonds is 2. The smallest absolute Gasteiger partial charge is 0.351 e. The molecular formula is C20H26NO+. The van der Waals surface area contributed by atoms with E-state index in [0.717, 1.165) is 18.9 Å². The second-order valence-electron chi connectivity index (χ2n) is 5.44. The van der Waals surface area contributed by atoms with Gasteiger partial charge in [-0.1, -0.05) is 74.5 Å². The highest BCUT2D eigenvalue weighted by Gasteiger charge is 2.50. The first kappa shape index (κ1) is 16.3. The summed E-state index contributed by atoms with van der Waals surface area (Å²) >= 11 is 0. The lowest BCUT2D eigenvalue weighted by atomic mass is 9.73. The Balaban J connectivity index is 0.000000847. The third-order valence-corrected chi connectivity index (χ3v) is 4.02. The number of nitrogens with zero attached hydrogens (tertiary/aromatic N) is 1. The number of ether oxygens (including phenoxy) is 1. The summed E-state index contributed by atoms with van der Waals surface area (Å²) in [6.45, 7) is 4.76. The van der Waals surface area contributed by atoms with Crippen molar-refractivity contribution in [1.82, 2.24) is 0 Å². The van der Waals surface area contributed by atoms with Gasteiger partial charge in [0.1, 0.15) is 19.5 Å². The molecule has 0 unspecified atom stereocenters. The maximum atomic E-state index is 5.98. The third kappa shape index (κ3) is 2.78. The normalized spacial score (nSPS) is 15.5. The number of hydrogen-bond acceptors (Lipinski definition) is 1. The molecule has 0 amide bonds. The minimum absolute atomic E-state index is 0.161. The summed E-state index contributed by atoms with van der Waals surface area (Å²) in [4.78, 5) is 0. The zero-order chi connectivity index (χ0) is 16.0. The van der Waals surface area contributed by atoms with E-state index in [1.54, 1.807) is 0 Å². The molecule has 0 aliphatic carbocycles. The van der Waals surface area contributed by atoms with Gasteiger partial charge in [0.2, 0.25) is 0 Å². The summed E-state index contributed by atoms with van der Waals surface area (Å²) in [5.41, 5.74) is 2.44. The molecular weight excluding hydrogens is 270 g/mol. The Bertz CT molecular complexity index is 573. The zero-order valence-corrected chi connectivity index (χ0v) is 14.0. The van der Waals surface area contributed by atoms with Crippen LogP contribution in [-0.2, 0) is 10.2 Å². The van der Waals surface area contributed by atoms with Crippen molar-refractivity contribution >= 4 is 5.90 Å². The van der Waals surface area contributed by atoms with Crippen LogP contribution >= 0.6 is 0 Å². The fourth-order valence-corrected chi connectivity index (χ4v) is 3.19. The van der Waals surface area contributed by atoms with Gasteiger partial charge < -0.3 is 4.74 Å². The van der Waals surface area contributed by atoms with E-state index in [9.17, 15) is 0 Å². The Labute approximate surface area is 134 Å². The van der Waals surface area contributed by atoms with E-state index in [4.69, 9.17) is 4.74 Å². The van der Waals surface area contributed by atoms with Crippen LogP contribution in [0.15, 0.2) is 60.7 Å². The molecule has 0 saturated carbocycles. The molecule has 116 valence electrons. The molecule has 2 aromatic rings. The van der Waals surface area contributed by atoms with E-state index in [1.807, 2.05) is 13.8 Å². The first-order valence-corrected chi connectivity index (χ1v) is 8.04. The number of benzene rings is 2. The van der Waals surface area contributed by atoms with Crippen LogP contribution in [0.3, 0.4) is 0 Å². The van der Waals surface area contributed by atoms with Crippen LogP contribution in [0.5, 0.6) is 0 Å². The highest BCUT2D eigenvalue weighted by Crippen LogP contribution is 2.41. The molecule has 0 radical (unpaired) electrons. The van der Waals surface area contributed by atoms with E-state index in [0.29, 0.717) is 0 Å². The molecule has 1 aliphatic rings. The first-order valence-electron chi connectivity index (χ1n) is 8.04. The molecule has 0 bridgehead atoms. The van der Waals surface area contributed by atoms with E-state index in [2.05, 4.69) is 79.3 Å². The molecule has 0 N–H and O–H groups in total. The largest absolute Gasteiger partial charge is 0.447 e. The fraction of sp³-hybridized carbons (Fsp3) is 0.350. The summed E-state index contributed by atoms with van der Waals surface area (Å²) < 4.78 is 8.09. The molecule has 2 aromatic carbocycles. The Morgan fingerprint density at radius 1 is 0.818 bits per heavy atom. The van der Waals surface area contributed by atoms with E-state index in [-0.39, 0.29) is 5.41 Å². The summed E-state index contributed by atoms with van der Waals surface area (Å²) in [6, 6.07) is 21.3. The zero-order valence-electron chi connectivity index (χ0n) is 14.0. The van der Waals surface area contributed by atoms with Crippen molar-refractivity contribution in [3.63, 3.8) is 0 Å². The van der Waals surface area contributed by atoms with E-state index < -0.39 is 0 Å². The van der Waals surface area contributed by atoms with Crippen molar-refractivity contribution in [2.24, 2.45) is 0 Å². The molecule has 2 nitrogen and oxygen atoms in total. The van der Waals surface area contributed by atoms with Gasteiger partial charge in [-0.2, -0.15) is 0 Å². The highest BCUT2D eigenvalue weighted by atomic mass is 16.5. The molecule has 3 rings (SSSR count). The molecule has 22 heavy (non-hydrogen) atoms. The van der Waals surface area contributed by atoms with Crippen LogP contribution in [0.4, 0.5) is 0 Å². The lowest BCUT2D eigenvalue weighted by Gasteiger charge is -2.26. The van der Waals surface area contributed by atoms with Gasteiger partial charge in [-0.15, -0.1) is 0 Å². The van der Waals surface area contributed by atoms with Gasteiger partial charge in [0.15, 0.2) is 0 Å². The van der Waals surface area contributed by atoms with Gasteiger partial charge in [0, 0.05) is 6.42 Å². The second kappa shape index (κ2) is 7.26. The van der Waals surface area contributed by atoms with Crippen molar-refractivity contribution in [3.8, 4) is 0 Å². The summed E-state index contributed by atoms with van der Waals surface area (Å²) in [5, 5.41) is 0. The predicted octanol–water partition coefficient (Wildman–Crippen LogP) is 4.09. The molecule has 1 aliphatic heterocycles. The van der Waals surface area contributed by atoms with E-state index in [1.165, 1.54) is 11.1 Å². The molecule has 1 heterocycles. The van der Waals surface area contributed by atoms with Crippen molar-refractivity contribution in [1.29, 1.82) is 0 Å². The maximum absolute atomic E-state index is 5.98.